The summed E-state index contributed by atoms with van der Waals surface area (Å²) in [6, 6.07) is 7.95. The van der Waals surface area contributed by atoms with Gasteiger partial charge in [-0.2, -0.15) is 0 Å². The Bertz CT molecular complexity index is 1300. The standard InChI is InChI=1S/C28H31N5O2/c1-2-24-26(33-13-3-5-21(27(33)31-24)19-8-10-29-11-9-19)28(34)30-18-20-6-7-25(23-17-22(20)23)32-12-4-15-35-16-14-32/h3,5-11,13,22-23H,2,4,12,14-18H2,1H3,(H,30,34)/t22?,23-/m1/s1. The van der Waals surface area contributed by atoms with Crippen molar-refractivity contribution in [3.8, 4) is 11.1 Å². The van der Waals surface area contributed by atoms with E-state index >= 15 is 0 Å². The number of pyridine rings is 2. The molecule has 0 bridgehead atoms. The minimum atomic E-state index is -0.0706. The number of hydrogen-bond acceptors (Lipinski definition) is 5. The number of allylic oxidation sites excluding steroid dienone is 3. The Morgan fingerprint density at radius 1 is 1.14 bits per heavy atom. The van der Waals surface area contributed by atoms with Crippen LogP contribution < -0.4 is 5.32 Å². The second-order valence-electron chi connectivity index (χ2n) is 9.53. The normalized spacial score (nSPS) is 21.7. The van der Waals surface area contributed by atoms with E-state index in [2.05, 4.69) is 27.4 Å². The first-order valence-electron chi connectivity index (χ1n) is 12.7. The van der Waals surface area contributed by atoms with E-state index in [1.807, 2.05) is 41.8 Å². The number of hydrogen-bond donors (Lipinski definition) is 1. The Kier molecular flexibility index (Phi) is 5.86. The van der Waals surface area contributed by atoms with Crippen LogP contribution in [-0.2, 0) is 11.2 Å². The van der Waals surface area contributed by atoms with Crippen molar-refractivity contribution < 1.29 is 9.53 Å². The molecule has 7 nitrogen and oxygen atoms in total. The minimum absolute atomic E-state index is 0.0706. The predicted molar refractivity (Wildman–Crippen MR) is 135 cm³/mol. The molecule has 2 atom stereocenters. The van der Waals surface area contributed by atoms with Crippen LogP contribution in [-0.4, -0.2) is 58.0 Å². The van der Waals surface area contributed by atoms with Crippen LogP contribution >= 0.6 is 0 Å². The van der Waals surface area contributed by atoms with Crippen LogP contribution in [0.1, 0.15) is 35.9 Å². The molecule has 1 N–H and O–H groups in total. The number of amides is 1. The zero-order valence-corrected chi connectivity index (χ0v) is 20.1. The Labute approximate surface area is 205 Å². The van der Waals surface area contributed by atoms with Gasteiger partial charge in [0.05, 0.1) is 12.3 Å². The van der Waals surface area contributed by atoms with Gasteiger partial charge in [0.25, 0.3) is 5.91 Å². The van der Waals surface area contributed by atoms with Gasteiger partial charge in [-0.15, -0.1) is 0 Å². The summed E-state index contributed by atoms with van der Waals surface area (Å²) in [7, 11) is 0. The molecule has 1 saturated carbocycles. The first kappa shape index (κ1) is 22.0. The number of carbonyl (C=O) groups excluding carboxylic acids is 1. The molecule has 4 heterocycles. The number of carbonyl (C=O) groups is 1. The Morgan fingerprint density at radius 2 is 2.03 bits per heavy atom. The zero-order valence-electron chi connectivity index (χ0n) is 20.1. The number of aryl methyl sites for hydroxylation is 1. The van der Waals surface area contributed by atoms with Crippen molar-refractivity contribution in [1.29, 1.82) is 0 Å². The quantitative estimate of drug-likeness (QED) is 0.593. The minimum Gasteiger partial charge on any atom is -0.380 e. The molecule has 0 spiro atoms. The van der Waals surface area contributed by atoms with E-state index < -0.39 is 0 Å². The summed E-state index contributed by atoms with van der Waals surface area (Å²) in [6.07, 6.45) is 12.9. The Hall–Kier alpha value is -3.45. The molecular formula is C28H31N5O2. The van der Waals surface area contributed by atoms with Gasteiger partial charge in [0.1, 0.15) is 11.3 Å². The lowest BCUT2D eigenvalue weighted by Gasteiger charge is -2.27. The maximum absolute atomic E-state index is 13.4. The third-order valence-electron chi connectivity index (χ3n) is 7.42. The van der Waals surface area contributed by atoms with Crippen molar-refractivity contribution in [2.45, 2.75) is 26.2 Å². The molecule has 2 aliphatic carbocycles. The maximum Gasteiger partial charge on any atom is 0.270 e. The van der Waals surface area contributed by atoms with Crippen LogP contribution in [0, 0.1) is 11.8 Å². The van der Waals surface area contributed by atoms with Crippen LogP contribution in [0.5, 0.6) is 0 Å². The van der Waals surface area contributed by atoms with Gasteiger partial charge in [-0.3, -0.25) is 14.2 Å². The van der Waals surface area contributed by atoms with E-state index in [9.17, 15) is 4.79 Å². The van der Waals surface area contributed by atoms with Gasteiger partial charge in [0, 0.05) is 62.0 Å². The molecule has 3 aliphatic rings. The molecule has 2 fully saturated rings. The van der Waals surface area contributed by atoms with Gasteiger partial charge in [0.15, 0.2) is 0 Å². The van der Waals surface area contributed by atoms with Gasteiger partial charge in [-0.1, -0.05) is 13.0 Å². The van der Waals surface area contributed by atoms with Crippen molar-refractivity contribution in [3.63, 3.8) is 0 Å². The molecule has 6 rings (SSSR count). The second kappa shape index (κ2) is 9.30. The van der Waals surface area contributed by atoms with Gasteiger partial charge >= 0.3 is 0 Å². The summed E-state index contributed by atoms with van der Waals surface area (Å²) >= 11 is 0. The van der Waals surface area contributed by atoms with E-state index in [4.69, 9.17) is 9.72 Å². The van der Waals surface area contributed by atoms with Gasteiger partial charge < -0.3 is 15.0 Å². The van der Waals surface area contributed by atoms with Crippen molar-refractivity contribution >= 4 is 11.6 Å². The third-order valence-corrected chi connectivity index (χ3v) is 7.42. The Morgan fingerprint density at radius 3 is 2.89 bits per heavy atom. The first-order chi connectivity index (χ1) is 17.2. The molecule has 35 heavy (non-hydrogen) atoms. The molecule has 1 unspecified atom stereocenters. The summed E-state index contributed by atoms with van der Waals surface area (Å²) in [5, 5.41) is 3.20. The summed E-state index contributed by atoms with van der Waals surface area (Å²) in [6.45, 7) is 6.34. The van der Waals surface area contributed by atoms with E-state index in [1.54, 1.807) is 12.4 Å². The first-order valence-corrected chi connectivity index (χ1v) is 12.7. The zero-order chi connectivity index (χ0) is 23.8. The van der Waals surface area contributed by atoms with Gasteiger partial charge in [-0.05, 0) is 66.7 Å². The Balaban J connectivity index is 1.22. The fourth-order valence-corrected chi connectivity index (χ4v) is 5.53. The number of ether oxygens (including phenoxy) is 1. The van der Waals surface area contributed by atoms with Crippen LogP contribution in [0.4, 0.5) is 0 Å². The number of nitrogens with one attached hydrogen (secondary N) is 1. The van der Waals surface area contributed by atoms with Gasteiger partial charge in [0.2, 0.25) is 0 Å². The molecule has 1 amide bonds. The topological polar surface area (TPSA) is 71.8 Å². The molecule has 3 aromatic rings. The summed E-state index contributed by atoms with van der Waals surface area (Å²) in [5.74, 6) is 1.07. The van der Waals surface area contributed by atoms with Gasteiger partial charge in [-0.25, -0.2) is 4.98 Å². The van der Waals surface area contributed by atoms with Crippen molar-refractivity contribution in [1.82, 2.24) is 24.6 Å². The lowest BCUT2D eigenvalue weighted by molar-refractivity contribution is 0.0949. The summed E-state index contributed by atoms with van der Waals surface area (Å²) < 4.78 is 7.56. The fraction of sp³-hybridized carbons (Fsp3) is 0.393. The highest BCUT2D eigenvalue weighted by Crippen LogP contribution is 2.52. The molecule has 3 aromatic heterocycles. The smallest absolute Gasteiger partial charge is 0.270 e. The van der Waals surface area contributed by atoms with Crippen LogP contribution in [0.2, 0.25) is 0 Å². The number of fused-ring (bicyclic) bond motifs is 2. The lowest BCUT2D eigenvalue weighted by atomic mass is 10.0. The maximum atomic E-state index is 13.4. The predicted octanol–water partition coefficient (Wildman–Crippen LogP) is 3.87. The molecule has 0 aromatic carbocycles. The van der Waals surface area contributed by atoms with Crippen LogP contribution in [0.3, 0.4) is 0 Å². The number of nitrogens with zero attached hydrogens (tertiary/aromatic N) is 4. The highest BCUT2D eigenvalue weighted by atomic mass is 16.5. The van der Waals surface area contributed by atoms with Crippen molar-refractivity contribution in [3.05, 3.63) is 77.7 Å². The number of aromatic nitrogens is 3. The highest BCUT2D eigenvalue weighted by molar-refractivity contribution is 5.96. The van der Waals surface area contributed by atoms with Crippen molar-refractivity contribution in [2.75, 3.05) is 32.8 Å². The molecule has 0 radical (unpaired) electrons. The summed E-state index contributed by atoms with van der Waals surface area (Å²) in [5.41, 5.74) is 7.05. The lowest BCUT2D eigenvalue weighted by Crippen LogP contribution is -2.30. The highest BCUT2D eigenvalue weighted by Gasteiger charge is 2.45. The molecule has 180 valence electrons. The molecular weight excluding hydrogens is 438 g/mol. The molecule has 1 saturated heterocycles. The molecule has 1 aliphatic heterocycles. The van der Waals surface area contributed by atoms with E-state index in [-0.39, 0.29) is 5.91 Å². The molecule has 7 heteroatoms. The fourth-order valence-electron chi connectivity index (χ4n) is 5.53. The number of rotatable bonds is 6. The average molecular weight is 470 g/mol. The van der Waals surface area contributed by atoms with Crippen molar-refractivity contribution in [2.24, 2.45) is 11.8 Å². The van der Waals surface area contributed by atoms with Crippen LogP contribution in [0.15, 0.2) is 66.3 Å². The van der Waals surface area contributed by atoms with E-state index in [0.29, 0.717) is 30.5 Å². The van der Waals surface area contributed by atoms with E-state index in [0.717, 1.165) is 55.2 Å². The second-order valence-corrected chi connectivity index (χ2v) is 9.53. The third kappa shape index (κ3) is 4.14. The summed E-state index contributed by atoms with van der Waals surface area (Å²) in [4.78, 5) is 24.9. The van der Waals surface area contributed by atoms with E-state index in [1.165, 1.54) is 17.7 Å². The number of imidazole rings is 1. The average Bonchev–Trinajstić information content (AvgIpc) is 3.67. The largest absolute Gasteiger partial charge is 0.380 e. The monoisotopic (exact) mass is 469 g/mol. The SMILES string of the molecule is CCc1nc2c(-c3ccncc3)cccn2c1C(=O)NCC1=CC=C(N2CCCOCC2)[C@@H]2CC12. The van der Waals surface area contributed by atoms with Crippen LogP contribution in [0.25, 0.3) is 16.8 Å².